The number of carbonyl (C=O) groups is 2. The normalized spacial score (nSPS) is 16.6. The van der Waals surface area contributed by atoms with Crippen molar-refractivity contribution in [2.45, 2.75) is 25.3 Å². The Kier molecular flexibility index (Phi) is 4.88. The van der Waals surface area contributed by atoms with Crippen molar-refractivity contribution < 1.29 is 19.1 Å². The summed E-state index contributed by atoms with van der Waals surface area (Å²) in [6.07, 6.45) is 0.120. The van der Waals surface area contributed by atoms with E-state index in [4.69, 9.17) is 5.11 Å². The molecule has 2 aromatic rings. The second-order valence-corrected chi connectivity index (χ2v) is 5.82. The Hall–Kier alpha value is -3.02. The molecule has 1 aliphatic rings. The molecular weight excluding hydrogens is 323 g/mol. The number of hydrogen-bond acceptors (Lipinski definition) is 3. The molecule has 5 nitrogen and oxygen atoms in total. The number of amides is 1. The van der Waals surface area contributed by atoms with Crippen LogP contribution in [0.25, 0.3) is 0 Å². The second kappa shape index (κ2) is 7.25. The molecule has 128 valence electrons. The highest BCUT2D eigenvalue weighted by atomic mass is 19.1. The van der Waals surface area contributed by atoms with Crippen LogP contribution in [0.15, 0.2) is 59.7 Å². The van der Waals surface area contributed by atoms with Gasteiger partial charge in [-0.2, -0.15) is 5.10 Å². The first-order valence-electron chi connectivity index (χ1n) is 7.97. The lowest BCUT2D eigenvalue weighted by Crippen LogP contribution is -2.27. The zero-order valence-electron chi connectivity index (χ0n) is 13.4. The third-order valence-electron chi connectivity index (χ3n) is 4.08. The highest BCUT2D eigenvalue weighted by Gasteiger charge is 2.32. The molecule has 0 spiro atoms. The van der Waals surface area contributed by atoms with E-state index in [-0.39, 0.29) is 30.6 Å². The van der Waals surface area contributed by atoms with Crippen molar-refractivity contribution in [2.75, 3.05) is 0 Å². The van der Waals surface area contributed by atoms with Crippen LogP contribution in [0.2, 0.25) is 0 Å². The Morgan fingerprint density at radius 2 is 1.76 bits per heavy atom. The fourth-order valence-corrected chi connectivity index (χ4v) is 2.82. The van der Waals surface area contributed by atoms with E-state index in [1.807, 2.05) is 30.3 Å². The number of rotatable bonds is 5. The van der Waals surface area contributed by atoms with E-state index in [1.54, 1.807) is 12.1 Å². The Labute approximate surface area is 144 Å². The summed E-state index contributed by atoms with van der Waals surface area (Å²) in [6.45, 7) is 0. The van der Waals surface area contributed by atoms with Gasteiger partial charge in [-0.3, -0.25) is 9.59 Å². The zero-order chi connectivity index (χ0) is 17.8. The van der Waals surface area contributed by atoms with Gasteiger partial charge in [0.15, 0.2) is 0 Å². The van der Waals surface area contributed by atoms with Gasteiger partial charge in [0.05, 0.1) is 18.2 Å². The lowest BCUT2D eigenvalue weighted by molar-refractivity contribution is -0.141. The van der Waals surface area contributed by atoms with Crippen molar-refractivity contribution in [3.63, 3.8) is 0 Å². The standard InChI is InChI=1S/C19H17FN2O3/c20-15-8-6-14(7-9-15)17-12-16(13-4-2-1-3-5-13)21-22(17)18(23)10-11-19(24)25/h1-9,17H,10-12H2,(H,24,25)/t17-/m1/s1. The molecule has 0 unspecified atom stereocenters. The molecule has 25 heavy (non-hydrogen) atoms. The first kappa shape index (κ1) is 16.8. The van der Waals surface area contributed by atoms with E-state index in [1.165, 1.54) is 17.1 Å². The van der Waals surface area contributed by atoms with Crippen molar-refractivity contribution in [3.05, 3.63) is 71.5 Å². The van der Waals surface area contributed by atoms with E-state index in [0.717, 1.165) is 16.8 Å². The van der Waals surface area contributed by atoms with E-state index in [0.29, 0.717) is 6.42 Å². The van der Waals surface area contributed by atoms with Gasteiger partial charge in [0.2, 0.25) is 5.91 Å². The van der Waals surface area contributed by atoms with Crippen LogP contribution in [0.3, 0.4) is 0 Å². The van der Waals surface area contributed by atoms with E-state index in [2.05, 4.69) is 5.10 Å². The first-order chi connectivity index (χ1) is 12.0. The maximum absolute atomic E-state index is 13.2. The molecule has 1 aliphatic heterocycles. The van der Waals surface area contributed by atoms with Gasteiger partial charge in [0, 0.05) is 12.8 Å². The van der Waals surface area contributed by atoms with Gasteiger partial charge in [-0.25, -0.2) is 9.40 Å². The Morgan fingerprint density at radius 1 is 1.08 bits per heavy atom. The summed E-state index contributed by atoms with van der Waals surface area (Å²) in [4.78, 5) is 23.2. The molecule has 0 radical (unpaired) electrons. The fourth-order valence-electron chi connectivity index (χ4n) is 2.82. The van der Waals surface area contributed by atoms with E-state index >= 15 is 0 Å². The minimum atomic E-state index is -1.03. The predicted molar refractivity (Wildman–Crippen MR) is 90.5 cm³/mol. The van der Waals surface area contributed by atoms with Crippen molar-refractivity contribution in [1.29, 1.82) is 0 Å². The van der Waals surface area contributed by atoms with Crippen LogP contribution >= 0.6 is 0 Å². The number of nitrogens with zero attached hydrogens (tertiary/aromatic N) is 2. The quantitative estimate of drug-likeness (QED) is 0.907. The van der Waals surface area contributed by atoms with Crippen molar-refractivity contribution in [2.24, 2.45) is 5.10 Å². The van der Waals surface area contributed by atoms with Crippen LogP contribution in [0.5, 0.6) is 0 Å². The summed E-state index contributed by atoms with van der Waals surface area (Å²) in [5, 5.41) is 14.6. The smallest absolute Gasteiger partial charge is 0.303 e. The highest BCUT2D eigenvalue weighted by Crippen LogP contribution is 2.33. The Balaban J connectivity index is 1.89. The fraction of sp³-hybridized carbons (Fsp3) is 0.211. The number of benzene rings is 2. The number of carboxylic acid groups (broad SMARTS) is 1. The Bertz CT molecular complexity index is 803. The minimum absolute atomic E-state index is 0.126. The van der Waals surface area contributed by atoms with Crippen molar-refractivity contribution >= 4 is 17.6 Å². The Morgan fingerprint density at radius 3 is 2.40 bits per heavy atom. The predicted octanol–water partition coefficient (Wildman–Crippen LogP) is 3.37. The lowest BCUT2D eigenvalue weighted by atomic mass is 9.98. The van der Waals surface area contributed by atoms with Crippen LogP contribution in [-0.4, -0.2) is 27.7 Å². The molecule has 1 atom stereocenters. The molecule has 0 aliphatic carbocycles. The van der Waals surface area contributed by atoms with Gasteiger partial charge in [-0.1, -0.05) is 42.5 Å². The lowest BCUT2D eigenvalue weighted by Gasteiger charge is -2.21. The van der Waals surface area contributed by atoms with Gasteiger partial charge in [-0.15, -0.1) is 0 Å². The highest BCUT2D eigenvalue weighted by molar-refractivity contribution is 6.03. The maximum Gasteiger partial charge on any atom is 0.303 e. The number of aliphatic carboxylic acids is 1. The molecule has 0 bridgehead atoms. The number of carbonyl (C=O) groups excluding carboxylic acids is 1. The topological polar surface area (TPSA) is 70.0 Å². The minimum Gasteiger partial charge on any atom is -0.481 e. The number of hydrazone groups is 1. The third-order valence-corrected chi connectivity index (χ3v) is 4.08. The van der Waals surface area contributed by atoms with Gasteiger partial charge in [0.1, 0.15) is 5.82 Å². The molecular formula is C19H17FN2O3. The molecule has 6 heteroatoms. The summed E-state index contributed by atoms with van der Waals surface area (Å²) in [5.74, 6) is -1.74. The van der Waals surface area contributed by atoms with Crippen LogP contribution < -0.4 is 0 Å². The van der Waals surface area contributed by atoms with Crippen molar-refractivity contribution in [1.82, 2.24) is 5.01 Å². The van der Waals surface area contributed by atoms with E-state index < -0.39 is 5.97 Å². The average Bonchev–Trinajstić information content (AvgIpc) is 3.06. The van der Waals surface area contributed by atoms with Gasteiger partial charge < -0.3 is 5.11 Å². The molecule has 1 heterocycles. The van der Waals surface area contributed by atoms with Crippen LogP contribution in [0.4, 0.5) is 4.39 Å². The summed E-state index contributed by atoms with van der Waals surface area (Å²) in [6, 6.07) is 15.1. The number of halogens is 1. The maximum atomic E-state index is 13.2. The monoisotopic (exact) mass is 340 g/mol. The number of hydrogen-bond donors (Lipinski definition) is 1. The molecule has 1 amide bonds. The third kappa shape index (κ3) is 3.91. The van der Waals surface area contributed by atoms with Gasteiger partial charge in [0.25, 0.3) is 0 Å². The largest absolute Gasteiger partial charge is 0.481 e. The summed E-state index contributed by atoms with van der Waals surface area (Å²) >= 11 is 0. The van der Waals surface area contributed by atoms with Gasteiger partial charge >= 0.3 is 5.97 Å². The molecule has 0 fully saturated rings. The zero-order valence-corrected chi connectivity index (χ0v) is 13.4. The van der Waals surface area contributed by atoms with Gasteiger partial charge in [-0.05, 0) is 23.3 Å². The van der Waals surface area contributed by atoms with Crippen molar-refractivity contribution in [3.8, 4) is 0 Å². The second-order valence-electron chi connectivity index (χ2n) is 5.82. The first-order valence-corrected chi connectivity index (χ1v) is 7.97. The SMILES string of the molecule is O=C(O)CCC(=O)N1N=C(c2ccccc2)C[C@@H]1c1ccc(F)cc1. The molecule has 0 saturated carbocycles. The average molecular weight is 340 g/mol. The molecule has 3 rings (SSSR count). The summed E-state index contributed by atoms with van der Waals surface area (Å²) in [7, 11) is 0. The summed E-state index contributed by atoms with van der Waals surface area (Å²) in [5.41, 5.74) is 2.42. The summed E-state index contributed by atoms with van der Waals surface area (Å²) < 4.78 is 13.2. The van der Waals surface area contributed by atoms with Crippen LogP contribution in [-0.2, 0) is 9.59 Å². The molecule has 2 aromatic carbocycles. The molecule has 0 aromatic heterocycles. The number of carboxylic acids is 1. The molecule has 1 N–H and O–H groups in total. The van der Waals surface area contributed by atoms with Crippen LogP contribution in [0.1, 0.15) is 36.4 Å². The van der Waals surface area contributed by atoms with Crippen LogP contribution in [0, 0.1) is 5.82 Å². The van der Waals surface area contributed by atoms with E-state index in [9.17, 15) is 14.0 Å². The molecule has 0 saturated heterocycles.